The summed E-state index contributed by atoms with van der Waals surface area (Å²) in [5.74, 6) is 0.631. The molecule has 0 aliphatic heterocycles. The summed E-state index contributed by atoms with van der Waals surface area (Å²) in [5, 5.41) is 12.7. The number of hydrogen-bond acceptors (Lipinski definition) is 4. The molecule has 17 heavy (non-hydrogen) atoms. The summed E-state index contributed by atoms with van der Waals surface area (Å²) < 4.78 is 0. The largest absolute Gasteiger partial charge is 0.387 e. The molecule has 0 radical (unpaired) electrons. The molecule has 0 heterocycles. The van der Waals surface area contributed by atoms with Crippen LogP contribution in [0.1, 0.15) is 32.6 Å². The Labute approximate surface area is 108 Å². The average molecular weight is 260 g/mol. The van der Waals surface area contributed by atoms with Crippen LogP contribution in [-0.4, -0.2) is 41.7 Å². The zero-order chi connectivity index (χ0) is 12.9. The van der Waals surface area contributed by atoms with E-state index in [0.29, 0.717) is 25.3 Å². The van der Waals surface area contributed by atoms with E-state index in [-0.39, 0.29) is 11.3 Å². The van der Waals surface area contributed by atoms with Crippen LogP contribution in [-0.2, 0) is 4.79 Å². The van der Waals surface area contributed by atoms with E-state index in [9.17, 15) is 9.90 Å². The fourth-order valence-corrected chi connectivity index (χ4v) is 2.91. The molecule has 0 saturated heterocycles. The van der Waals surface area contributed by atoms with Gasteiger partial charge in [-0.15, -0.1) is 0 Å². The first kappa shape index (κ1) is 14.8. The van der Waals surface area contributed by atoms with Crippen molar-refractivity contribution in [1.82, 2.24) is 5.32 Å². The number of carbonyl (C=O) groups is 1. The van der Waals surface area contributed by atoms with Gasteiger partial charge in [-0.2, -0.15) is 11.8 Å². The first-order valence-electron chi connectivity index (χ1n) is 6.11. The molecule has 4 N–H and O–H groups in total. The predicted molar refractivity (Wildman–Crippen MR) is 72.0 cm³/mol. The summed E-state index contributed by atoms with van der Waals surface area (Å²) in [6.07, 6.45) is 5.72. The van der Waals surface area contributed by atoms with Gasteiger partial charge < -0.3 is 16.2 Å². The van der Waals surface area contributed by atoms with Crippen LogP contribution < -0.4 is 11.1 Å². The minimum Gasteiger partial charge on any atom is -0.387 e. The molecule has 1 fully saturated rings. The highest BCUT2D eigenvalue weighted by molar-refractivity contribution is 7.98. The maximum Gasteiger partial charge on any atom is 0.220 e. The molecule has 1 rings (SSSR count). The number of aliphatic hydroxyl groups is 1. The standard InChI is InChI=1S/C12H24N2O2S/c1-11(16,9-17-2)8-14-10(15)6-12(7-13)4-3-5-12/h16H,3-9,13H2,1-2H3,(H,14,15). The smallest absolute Gasteiger partial charge is 0.220 e. The molecule has 0 aromatic carbocycles. The summed E-state index contributed by atoms with van der Waals surface area (Å²) >= 11 is 1.57. The lowest BCUT2D eigenvalue weighted by molar-refractivity contribution is -0.125. The van der Waals surface area contributed by atoms with Crippen molar-refractivity contribution in [2.75, 3.05) is 25.1 Å². The number of nitrogens with one attached hydrogen (secondary N) is 1. The van der Waals surface area contributed by atoms with E-state index in [1.54, 1.807) is 18.7 Å². The van der Waals surface area contributed by atoms with Gasteiger partial charge in [-0.05, 0) is 38.0 Å². The van der Waals surface area contributed by atoms with Gasteiger partial charge in [0.05, 0.1) is 5.60 Å². The highest BCUT2D eigenvalue weighted by Crippen LogP contribution is 2.42. The van der Waals surface area contributed by atoms with Crippen LogP contribution in [0.25, 0.3) is 0 Å². The van der Waals surface area contributed by atoms with Crippen molar-refractivity contribution in [1.29, 1.82) is 0 Å². The Morgan fingerprint density at radius 2 is 2.24 bits per heavy atom. The summed E-state index contributed by atoms with van der Waals surface area (Å²) in [6, 6.07) is 0. The van der Waals surface area contributed by atoms with E-state index in [0.717, 1.165) is 12.8 Å². The van der Waals surface area contributed by atoms with Crippen molar-refractivity contribution in [3.8, 4) is 0 Å². The second-order valence-electron chi connectivity index (χ2n) is 5.44. The number of hydrogen-bond donors (Lipinski definition) is 3. The van der Waals surface area contributed by atoms with Crippen molar-refractivity contribution < 1.29 is 9.90 Å². The maximum absolute atomic E-state index is 11.8. The Hall–Kier alpha value is -0.260. The molecule has 5 heteroatoms. The Morgan fingerprint density at radius 1 is 1.59 bits per heavy atom. The van der Waals surface area contributed by atoms with Gasteiger partial charge in [-0.3, -0.25) is 4.79 Å². The number of nitrogens with two attached hydrogens (primary N) is 1. The van der Waals surface area contributed by atoms with Crippen LogP contribution in [0.4, 0.5) is 0 Å². The minimum absolute atomic E-state index is 0.0107. The third-order valence-corrected chi connectivity index (χ3v) is 4.42. The van der Waals surface area contributed by atoms with Gasteiger partial charge in [0.2, 0.25) is 5.91 Å². The number of thioether (sulfide) groups is 1. The third-order valence-electron chi connectivity index (χ3n) is 3.50. The van der Waals surface area contributed by atoms with E-state index in [2.05, 4.69) is 5.32 Å². The van der Waals surface area contributed by atoms with Crippen molar-refractivity contribution in [3.63, 3.8) is 0 Å². The van der Waals surface area contributed by atoms with Crippen molar-refractivity contribution in [3.05, 3.63) is 0 Å². The molecule has 0 aromatic heterocycles. The van der Waals surface area contributed by atoms with Crippen molar-refractivity contribution >= 4 is 17.7 Å². The van der Waals surface area contributed by atoms with Crippen LogP contribution in [0.5, 0.6) is 0 Å². The minimum atomic E-state index is -0.829. The molecule has 1 atom stereocenters. The summed E-state index contributed by atoms with van der Waals surface area (Å²) in [6.45, 7) is 2.64. The van der Waals surface area contributed by atoms with Gasteiger partial charge in [0, 0.05) is 18.7 Å². The summed E-state index contributed by atoms with van der Waals surface area (Å²) in [4.78, 5) is 11.8. The van der Waals surface area contributed by atoms with Gasteiger partial charge in [0.1, 0.15) is 0 Å². The monoisotopic (exact) mass is 260 g/mol. The molecule has 1 aliphatic carbocycles. The molecular formula is C12H24N2O2S. The van der Waals surface area contributed by atoms with E-state index < -0.39 is 5.60 Å². The first-order valence-corrected chi connectivity index (χ1v) is 7.51. The van der Waals surface area contributed by atoms with E-state index in [1.807, 2.05) is 6.26 Å². The highest BCUT2D eigenvalue weighted by Gasteiger charge is 2.37. The van der Waals surface area contributed by atoms with Crippen molar-refractivity contribution in [2.24, 2.45) is 11.1 Å². The Balaban J connectivity index is 2.30. The SMILES string of the molecule is CSCC(C)(O)CNC(=O)CC1(CN)CCC1. The number of rotatable bonds is 7. The highest BCUT2D eigenvalue weighted by atomic mass is 32.2. The Kier molecular flexibility index (Phi) is 5.28. The Morgan fingerprint density at radius 3 is 2.65 bits per heavy atom. The molecule has 0 spiro atoms. The lowest BCUT2D eigenvalue weighted by atomic mass is 9.66. The van der Waals surface area contributed by atoms with Gasteiger partial charge in [0.15, 0.2) is 0 Å². The fourth-order valence-electron chi connectivity index (χ4n) is 2.18. The quantitative estimate of drug-likeness (QED) is 0.631. The van der Waals surface area contributed by atoms with Crippen LogP contribution in [0.15, 0.2) is 0 Å². The van der Waals surface area contributed by atoms with E-state index >= 15 is 0 Å². The second kappa shape index (κ2) is 6.07. The van der Waals surface area contributed by atoms with E-state index in [1.165, 1.54) is 6.42 Å². The number of amides is 1. The molecule has 0 bridgehead atoms. The normalized spacial score (nSPS) is 21.4. The van der Waals surface area contributed by atoms with Gasteiger partial charge in [0.25, 0.3) is 0 Å². The summed E-state index contributed by atoms with van der Waals surface area (Å²) in [5.41, 5.74) is 4.92. The lowest BCUT2D eigenvalue weighted by Crippen LogP contribution is -2.46. The molecule has 4 nitrogen and oxygen atoms in total. The maximum atomic E-state index is 11.8. The molecule has 1 amide bonds. The van der Waals surface area contributed by atoms with Crippen LogP contribution in [0, 0.1) is 5.41 Å². The fraction of sp³-hybridized carbons (Fsp3) is 0.917. The molecule has 100 valence electrons. The van der Waals surface area contributed by atoms with Gasteiger partial charge in [-0.1, -0.05) is 6.42 Å². The van der Waals surface area contributed by atoms with Crippen LogP contribution in [0.3, 0.4) is 0 Å². The molecule has 1 saturated carbocycles. The van der Waals surface area contributed by atoms with Gasteiger partial charge >= 0.3 is 0 Å². The average Bonchev–Trinajstić information content (AvgIpc) is 2.21. The number of carbonyl (C=O) groups excluding carboxylic acids is 1. The second-order valence-corrected chi connectivity index (χ2v) is 6.31. The molecule has 1 unspecified atom stereocenters. The first-order chi connectivity index (χ1) is 7.93. The topological polar surface area (TPSA) is 75.3 Å². The predicted octanol–water partition coefficient (Wildman–Crippen LogP) is 0.736. The van der Waals surface area contributed by atoms with Crippen LogP contribution in [0.2, 0.25) is 0 Å². The lowest BCUT2D eigenvalue weighted by Gasteiger charge is -2.40. The van der Waals surface area contributed by atoms with Gasteiger partial charge in [-0.25, -0.2) is 0 Å². The molecule has 0 aromatic rings. The zero-order valence-electron chi connectivity index (χ0n) is 10.8. The molecule has 1 aliphatic rings. The third kappa shape index (κ3) is 4.48. The van der Waals surface area contributed by atoms with Crippen molar-refractivity contribution in [2.45, 2.75) is 38.2 Å². The van der Waals surface area contributed by atoms with E-state index in [4.69, 9.17) is 5.73 Å². The molecular weight excluding hydrogens is 236 g/mol. The summed E-state index contributed by atoms with van der Waals surface area (Å²) in [7, 11) is 0. The Bertz CT molecular complexity index is 260. The zero-order valence-corrected chi connectivity index (χ0v) is 11.6. The van der Waals surface area contributed by atoms with Crippen LogP contribution >= 0.6 is 11.8 Å².